The molecule has 81 heavy (non-hydrogen) atoms. The van der Waals surface area contributed by atoms with E-state index in [1.54, 1.807) is 49.4 Å². The van der Waals surface area contributed by atoms with Crippen molar-refractivity contribution in [2.24, 2.45) is 14.1 Å². The molecule has 3 fully saturated rings. The van der Waals surface area contributed by atoms with Gasteiger partial charge < -0.3 is 15.4 Å². The van der Waals surface area contributed by atoms with E-state index in [1.165, 1.54) is 90.0 Å². The lowest BCUT2D eigenvalue weighted by molar-refractivity contribution is 0.198. The van der Waals surface area contributed by atoms with Crippen molar-refractivity contribution in [3.8, 4) is 11.4 Å². The molecule has 0 spiro atoms. The zero-order valence-corrected chi connectivity index (χ0v) is 50.3. The molecule has 11 rings (SSSR count). The summed E-state index contributed by atoms with van der Waals surface area (Å²) in [5, 5.41) is 6.07. The quantitative estimate of drug-likeness (QED) is 0.0865. The highest BCUT2D eigenvalue weighted by atomic mass is 127. The van der Waals surface area contributed by atoms with Crippen molar-refractivity contribution in [3.63, 3.8) is 0 Å². The van der Waals surface area contributed by atoms with E-state index in [2.05, 4.69) is 20.1 Å². The predicted octanol–water partition coefficient (Wildman–Crippen LogP) is 7.50. The highest BCUT2D eigenvalue weighted by molar-refractivity contribution is 14.1. The summed E-state index contributed by atoms with van der Waals surface area (Å²) >= 11 is 3.93. The summed E-state index contributed by atoms with van der Waals surface area (Å²) in [5.41, 5.74) is -1.96. The van der Waals surface area contributed by atoms with Crippen LogP contribution in [0, 0.1) is 32.6 Å². The first-order valence-corrected chi connectivity index (χ1v) is 31.2. The molecule has 21 nitrogen and oxygen atoms in total. The van der Waals surface area contributed by atoms with E-state index >= 15 is 4.39 Å². The maximum Gasteiger partial charge on any atom is 0.337 e. The van der Waals surface area contributed by atoms with Crippen LogP contribution in [-0.2, 0) is 38.9 Å². The number of hydrogen-bond donors (Lipinski definition) is 4. The molecule has 4 N–H and O–H groups in total. The summed E-state index contributed by atoms with van der Waals surface area (Å²) in [6.45, 7) is 5.06. The largest absolute Gasteiger partial charge is 0.381 e. The van der Waals surface area contributed by atoms with Crippen LogP contribution in [0.2, 0.25) is 0 Å². The van der Waals surface area contributed by atoms with Crippen LogP contribution in [0.25, 0.3) is 33.3 Å². The first kappa shape index (κ1) is 58.7. The number of sulfonamides is 2. The van der Waals surface area contributed by atoms with Crippen LogP contribution in [0.15, 0.2) is 114 Å². The van der Waals surface area contributed by atoms with Gasteiger partial charge in [-0.25, -0.2) is 39.8 Å². The standard InChI is InChI=1S/2C25H23FIN5O5S.C4H8O/c1-13-21-20(22(30(2)23(13)33)28-19-10-7-14(27)11-18(19)26)24(34)32(16-8-9-16)25(35)31(21)17-6-4-5-15(12-17)29-38(3,36)37;1-13-21(28-15-5-4-6-16(12-15)29-38(3,36)37)20-22(30(2)23(13)33)32(19-10-7-14(27)11-18(19)26)25(35)31(24(20)34)17-8-9-17;1-2-4-5-3-1/h4-7,10-12,16,28-29H,8-9H2,1-3H3;4-7,10-12,17,28-29H,8-9H2,1-3H3;1-4H2. The molecule has 0 atom stereocenters. The van der Waals surface area contributed by atoms with Crippen molar-refractivity contribution in [1.29, 1.82) is 0 Å². The van der Waals surface area contributed by atoms with Crippen molar-refractivity contribution in [2.45, 2.75) is 64.5 Å². The molecule has 1 aliphatic heterocycles. The van der Waals surface area contributed by atoms with Gasteiger partial charge in [-0.1, -0.05) is 12.1 Å². The number of benzene rings is 4. The third-order valence-electron chi connectivity index (χ3n) is 13.5. The lowest BCUT2D eigenvalue weighted by Crippen LogP contribution is -2.42. The summed E-state index contributed by atoms with van der Waals surface area (Å²) in [6.07, 6.45) is 7.11. The number of ether oxygens (including phenoxy) is 1. The lowest BCUT2D eigenvalue weighted by atomic mass is 10.1. The van der Waals surface area contributed by atoms with Crippen LogP contribution in [-0.4, -0.2) is 70.0 Å². The number of pyridine rings is 2. The Labute approximate surface area is 488 Å². The number of nitrogens with zero attached hydrogens (tertiary/aromatic N) is 6. The number of rotatable bonds is 12. The van der Waals surface area contributed by atoms with Crippen molar-refractivity contribution in [1.82, 2.24) is 27.4 Å². The maximum atomic E-state index is 15.2. The van der Waals surface area contributed by atoms with E-state index in [1.807, 2.05) is 45.2 Å². The first-order chi connectivity index (χ1) is 38.2. The zero-order chi connectivity index (χ0) is 58.6. The van der Waals surface area contributed by atoms with Crippen molar-refractivity contribution in [2.75, 3.05) is 45.8 Å². The first-order valence-electron chi connectivity index (χ1n) is 25.2. The van der Waals surface area contributed by atoms with Gasteiger partial charge in [-0.05, 0) is 170 Å². The van der Waals surface area contributed by atoms with Crippen LogP contribution < -0.4 is 53.7 Å². The van der Waals surface area contributed by atoms with E-state index in [4.69, 9.17) is 4.74 Å². The van der Waals surface area contributed by atoms with E-state index < -0.39 is 65.3 Å². The fourth-order valence-corrected chi connectivity index (χ4v) is 11.5. The summed E-state index contributed by atoms with van der Waals surface area (Å²) in [6, 6.07) is 20.6. The topological polar surface area (TPSA) is 258 Å². The van der Waals surface area contributed by atoms with Crippen molar-refractivity contribution >= 4 is 121 Å². The van der Waals surface area contributed by atoms with Gasteiger partial charge >= 0.3 is 11.4 Å². The summed E-state index contributed by atoms with van der Waals surface area (Å²) in [5.74, 6) is -1.22. The molecule has 4 aromatic carbocycles. The maximum absolute atomic E-state index is 15.2. The van der Waals surface area contributed by atoms with E-state index in [0.29, 0.717) is 38.5 Å². The third kappa shape index (κ3) is 12.5. The predicted molar refractivity (Wildman–Crippen MR) is 326 cm³/mol. The molecule has 0 bridgehead atoms. The molecule has 5 heterocycles. The molecule has 2 saturated carbocycles. The smallest absolute Gasteiger partial charge is 0.337 e. The average molecular weight is 1380 g/mol. The number of aromatic nitrogens is 6. The molecule has 2 aliphatic carbocycles. The van der Waals surface area contributed by atoms with Gasteiger partial charge in [0.1, 0.15) is 33.9 Å². The van der Waals surface area contributed by atoms with E-state index in [0.717, 1.165) is 39.4 Å². The summed E-state index contributed by atoms with van der Waals surface area (Å²) in [7, 11) is -4.25. The van der Waals surface area contributed by atoms with Gasteiger partial charge in [0.2, 0.25) is 20.0 Å². The highest BCUT2D eigenvalue weighted by Gasteiger charge is 2.34. The second-order valence-corrected chi connectivity index (χ2v) is 25.8. The molecule has 27 heteroatoms. The fraction of sp³-hybridized carbons (Fsp3) is 0.296. The number of anilines is 6. The average Bonchev–Trinajstić information content (AvgIpc) is 2.81. The van der Waals surface area contributed by atoms with Crippen LogP contribution in [0.3, 0.4) is 0 Å². The molecule has 4 aromatic heterocycles. The van der Waals surface area contributed by atoms with Crippen LogP contribution in [0.4, 0.5) is 43.0 Å². The van der Waals surface area contributed by atoms with Gasteiger partial charge in [0.15, 0.2) is 0 Å². The minimum absolute atomic E-state index is 0.0364. The Morgan fingerprint density at radius 1 is 0.580 bits per heavy atom. The number of aryl methyl sites for hydroxylation is 2. The number of hydrogen-bond acceptors (Lipinski definition) is 13. The molecule has 1 saturated heterocycles. The minimum atomic E-state index is -3.61. The fourth-order valence-electron chi connectivity index (χ4n) is 9.51. The van der Waals surface area contributed by atoms with Crippen LogP contribution >= 0.6 is 45.2 Å². The molecule has 3 aliphatic rings. The lowest BCUT2D eigenvalue weighted by Gasteiger charge is -2.21. The van der Waals surface area contributed by atoms with Crippen LogP contribution in [0.1, 0.15) is 61.7 Å². The number of halogens is 4. The second kappa shape index (κ2) is 23.1. The van der Waals surface area contributed by atoms with E-state index in [9.17, 15) is 50.0 Å². The van der Waals surface area contributed by atoms with Gasteiger partial charge in [-0.2, -0.15) is 0 Å². The molecule has 0 amide bonds. The minimum Gasteiger partial charge on any atom is -0.381 e. The van der Waals surface area contributed by atoms with Crippen LogP contribution in [0.5, 0.6) is 0 Å². The Hall–Kier alpha value is -6.96. The van der Waals surface area contributed by atoms with Gasteiger partial charge in [0, 0.05) is 63.3 Å². The molecular formula is C54H54F2I2N10O11S2. The SMILES string of the molecule is C1CCOC1.Cc1c(=O)n(C)c(Nc2ccc(I)cc2F)c2c(=O)n(C3CC3)c(=O)n(-c3cccc(NS(C)(=O)=O)c3)c12.Cc1c(Nc2cccc(NS(C)(=O)=O)c2)c2c(=O)n(C3CC3)c(=O)n(-c3ccc(I)cc3F)c2n(C)c1=O. The van der Waals surface area contributed by atoms with Gasteiger partial charge in [0.05, 0.1) is 52.2 Å². The molecular weight excluding hydrogens is 1320 g/mol. The molecule has 0 radical (unpaired) electrons. The molecule has 0 unspecified atom stereocenters. The van der Waals surface area contributed by atoms with Gasteiger partial charge in [0.25, 0.3) is 22.2 Å². The summed E-state index contributed by atoms with van der Waals surface area (Å²) in [4.78, 5) is 81.8. The molecule has 8 aromatic rings. The highest BCUT2D eigenvalue weighted by Crippen LogP contribution is 2.36. The number of fused-ring (bicyclic) bond motifs is 2. The normalized spacial score (nSPS) is 14.2. The Morgan fingerprint density at radius 2 is 1.10 bits per heavy atom. The Bertz CT molecular complexity index is 4500. The third-order valence-corrected chi connectivity index (χ3v) is 16.1. The Kier molecular flexibility index (Phi) is 16.8. The number of nitrogens with one attached hydrogen (secondary N) is 4. The Morgan fingerprint density at radius 3 is 1.64 bits per heavy atom. The summed E-state index contributed by atoms with van der Waals surface area (Å²) < 4.78 is 95.1. The Balaban J connectivity index is 0.000000180. The van der Waals surface area contributed by atoms with Gasteiger partial charge in [-0.3, -0.25) is 51.5 Å². The van der Waals surface area contributed by atoms with Gasteiger partial charge in [-0.15, -0.1) is 0 Å². The molecule has 426 valence electrons. The van der Waals surface area contributed by atoms with Crippen molar-refractivity contribution in [3.05, 3.63) is 177 Å². The monoisotopic (exact) mass is 1370 g/mol. The van der Waals surface area contributed by atoms with Crippen molar-refractivity contribution < 1.29 is 30.4 Å². The van der Waals surface area contributed by atoms with E-state index in [-0.39, 0.29) is 85.1 Å². The second-order valence-electron chi connectivity index (χ2n) is 19.8. The zero-order valence-electron chi connectivity index (χ0n) is 44.4.